The van der Waals surface area contributed by atoms with Gasteiger partial charge in [0.25, 0.3) is 0 Å². The molecule has 1 aliphatic heterocycles. The van der Waals surface area contributed by atoms with Crippen molar-refractivity contribution < 1.29 is 4.84 Å². The summed E-state index contributed by atoms with van der Waals surface area (Å²) in [6, 6.07) is 0. The average molecular weight is 71.1 g/mol. The Bertz CT molecular complexity index is 44.9. The second-order valence-electron chi connectivity index (χ2n) is 0.831. The molecule has 0 amide bonds. The van der Waals surface area contributed by atoms with Gasteiger partial charge in [0.1, 0.15) is 0 Å². The Labute approximate surface area is 30.4 Å². The lowest BCUT2D eigenvalue weighted by Gasteiger charge is -1.82. The lowest BCUT2D eigenvalue weighted by molar-refractivity contribution is 0.115. The lowest BCUT2D eigenvalue weighted by Crippen LogP contribution is -1.95. The van der Waals surface area contributed by atoms with Gasteiger partial charge in [-0.05, 0) is 6.08 Å². The van der Waals surface area contributed by atoms with Gasteiger partial charge in [0.2, 0.25) is 0 Å². The summed E-state index contributed by atoms with van der Waals surface area (Å²) in [5.74, 6) is 0. The van der Waals surface area contributed by atoms with Crippen LogP contribution in [0.1, 0.15) is 0 Å². The Hall–Kier alpha value is -0.500. The summed E-state index contributed by atoms with van der Waals surface area (Å²) in [7, 11) is 0. The first-order valence-corrected chi connectivity index (χ1v) is 1.52. The molecule has 0 aliphatic carbocycles. The Morgan fingerprint density at radius 2 is 2.80 bits per heavy atom. The molecule has 0 aromatic carbocycles. The highest BCUT2D eigenvalue weighted by Crippen LogP contribution is 1.77. The third-order valence-electron chi connectivity index (χ3n) is 0.449. The lowest BCUT2D eigenvalue weighted by atomic mass is 10.7. The molecule has 0 saturated carbocycles. The van der Waals surface area contributed by atoms with E-state index in [2.05, 4.69) is 10.3 Å². The van der Waals surface area contributed by atoms with Crippen molar-refractivity contribution >= 4 is 0 Å². The van der Waals surface area contributed by atoms with E-state index in [-0.39, 0.29) is 0 Å². The Kier molecular flexibility index (Phi) is 0.588. The summed E-state index contributed by atoms with van der Waals surface area (Å²) in [4.78, 5) is 4.58. The molecule has 1 N–H and O–H groups in total. The number of hydrogen-bond donors (Lipinski definition) is 1. The van der Waals surface area contributed by atoms with E-state index in [0.717, 1.165) is 0 Å². The van der Waals surface area contributed by atoms with E-state index in [1.54, 1.807) is 6.20 Å². The van der Waals surface area contributed by atoms with E-state index < -0.39 is 0 Å². The zero-order valence-electron chi connectivity index (χ0n) is 2.77. The molecule has 0 aromatic heterocycles. The summed E-state index contributed by atoms with van der Waals surface area (Å²) in [6.07, 6.45) is 3.67. The van der Waals surface area contributed by atoms with Gasteiger partial charge >= 0.3 is 0 Å². The summed E-state index contributed by atoms with van der Waals surface area (Å²) >= 11 is 0. The maximum atomic E-state index is 4.58. The molecule has 0 aromatic rings. The largest absolute Gasteiger partial charge is 0.274 e. The molecule has 0 atom stereocenters. The van der Waals surface area contributed by atoms with Crippen molar-refractivity contribution in [2.24, 2.45) is 0 Å². The predicted molar refractivity (Wildman–Crippen MR) is 18.2 cm³/mol. The highest BCUT2D eigenvalue weighted by atomic mass is 16.6. The van der Waals surface area contributed by atoms with Crippen LogP contribution in [-0.4, -0.2) is 6.61 Å². The quantitative estimate of drug-likeness (QED) is 0.435. The second-order valence-corrected chi connectivity index (χ2v) is 0.831. The van der Waals surface area contributed by atoms with E-state index in [9.17, 15) is 0 Å². The first-order chi connectivity index (χ1) is 2.50. The normalized spacial score (nSPS) is 19.2. The highest BCUT2D eigenvalue weighted by Gasteiger charge is 1.80. The molecule has 0 radical (unpaired) electrons. The van der Waals surface area contributed by atoms with Crippen molar-refractivity contribution in [2.45, 2.75) is 0 Å². The summed E-state index contributed by atoms with van der Waals surface area (Å²) in [6.45, 7) is 0.708. The molecule has 2 nitrogen and oxygen atoms in total. The Balaban J connectivity index is 2.32. The van der Waals surface area contributed by atoms with Crippen LogP contribution in [0.5, 0.6) is 0 Å². The minimum Gasteiger partial charge on any atom is -0.274 e. The predicted octanol–water partition coefficient (Wildman–Crippen LogP) is 0.0349. The minimum atomic E-state index is 0.708. The van der Waals surface area contributed by atoms with Crippen LogP contribution < -0.4 is 5.48 Å². The van der Waals surface area contributed by atoms with Crippen LogP contribution in [0.3, 0.4) is 0 Å². The van der Waals surface area contributed by atoms with Crippen molar-refractivity contribution in [1.82, 2.24) is 5.48 Å². The molecule has 1 aliphatic rings. The van der Waals surface area contributed by atoms with E-state index in [4.69, 9.17) is 0 Å². The molecule has 5 heavy (non-hydrogen) atoms. The molecule has 0 unspecified atom stereocenters. The smallest absolute Gasteiger partial charge is 0.0945 e. The van der Waals surface area contributed by atoms with E-state index in [1.807, 2.05) is 6.08 Å². The van der Waals surface area contributed by atoms with Crippen molar-refractivity contribution in [2.75, 3.05) is 6.61 Å². The third-order valence-corrected chi connectivity index (χ3v) is 0.449. The summed E-state index contributed by atoms with van der Waals surface area (Å²) in [5.41, 5.74) is 2.54. The van der Waals surface area contributed by atoms with Crippen LogP contribution in [0.4, 0.5) is 0 Å². The third kappa shape index (κ3) is 0.389. The summed E-state index contributed by atoms with van der Waals surface area (Å²) in [5, 5.41) is 0. The van der Waals surface area contributed by atoms with Crippen LogP contribution in [0, 0.1) is 0 Å². The van der Waals surface area contributed by atoms with Crippen LogP contribution in [0.15, 0.2) is 12.3 Å². The van der Waals surface area contributed by atoms with Crippen molar-refractivity contribution in [1.29, 1.82) is 0 Å². The van der Waals surface area contributed by atoms with E-state index in [1.165, 1.54) is 0 Å². The fourth-order valence-corrected chi connectivity index (χ4v) is 0.241. The fourth-order valence-electron chi connectivity index (χ4n) is 0.241. The maximum absolute atomic E-state index is 4.58. The Morgan fingerprint density at radius 3 is 3.00 bits per heavy atom. The minimum absolute atomic E-state index is 0.708. The van der Waals surface area contributed by atoms with E-state index >= 15 is 0 Å². The second kappa shape index (κ2) is 1.08. The number of nitrogens with one attached hydrogen (secondary N) is 1. The first kappa shape index (κ1) is 2.72. The number of hydroxylamine groups is 1. The first-order valence-electron chi connectivity index (χ1n) is 1.52. The van der Waals surface area contributed by atoms with Gasteiger partial charge in [-0.25, -0.2) is 0 Å². The molecule has 1 rings (SSSR count). The molecule has 0 bridgehead atoms. The van der Waals surface area contributed by atoms with Crippen LogP contribution >= 0.6 is 0 Å². The molecule has 2 heteroatoms. The van der Waals surface area contributed by atoms with Gasteiger partial charge in [-0.15, -0.1) is 0 Å². The highest BCUT2D eigenvalue weighted by molar-refractivity contribution is 4.79. The topological polar surface area (TPSA) is 21.3 Å². The van der Waals surface area contributed by atoms with Crippen molar-refractivity contribution in [3.05, 3.63) is 12.3 Å². The molecule has 0 fully saturated rings. The van der Waals surface area contributed by atoms with Crippen LogP contribution in [0.25, 0.3) is 0 Å². The zero-order valence-corrected chi connectivity index (χ0v) is 2.77. The molecular weight excluding hydrogens is 66.0 g/mol. The van der Waals surface area contributed by atoms with Gasteiger partial charge in [-0.1, -0.05) is 0 Å². The van der Waals surface area contributed by atoms with Gasteiger partial charge in [-0.3, -0.25) is 10.3 Å². The number of rotatable bonds is 0. The fraction of sp³-hybridized carbons (Fsp3) is 0.333. The molecule has 1 heterocycles. The van der Waals surface area contributed by atoms with Crippen molar-refractivity contribution in [3.8, 4) is 0 Å². The zero-order chi connectivity index (χ0) is 3.54. The van der Waals surface area contributed by atoms with E-state index in [0.29, 0.717) is 6.61 Å². The van der Waals surface area contributed by atoms with Gasteiger partial charge in [0, 0.05) is 6.20 Å². The standard InChI is InChI=1S/C3H5NO/c1-2-4-5-3-1/h1-2,4H,3H2. The van der Waals surface area contributed by atoms with Gasteiger partial charge in [0.15, 0.2) is 0 Å². The molecule has 0 saturated heterocycles. The van der Waals surface area contributed by atoms with Crippen molar-refractivity contribution in [3.63, 3.8) is 0 Å². The summed E-state index contributed by atoms with van der Waals surface area (Å²) < 4.78 is 0. The molecule has 0 spiro atoms. The average Bonchev–Trinajstić information content (AvgIpc) is 1.76. The SMILES string of the molecule is C1=CNOC1. The monoisotopic (exact) mass is 71.0 g/mol. The molecular formula is C3H5NO. The number of hydrogen-bond acceptors (Lipinski definition) is 2. The Morgan fingerprint density at radius 1 is 1.80 bits per heavy atom. The van der Waals surface area contributed by atoms with Gasteiger partial charge in [0.05, 0.1) is 6.61 Å². The van der Waals surface area contributed by atoms with Gasteiger partial charge in [-0.2, -0.15) is 0 Å². The van der Waals surface area contributed by atoms with Crippen LogP contribution in [-0.2, 0) is 4.84 Å². The van der Waals surface area contributed by atoms with Gasteiger partial charge < -0.3 is 0 Å². The molecule has 28 valence electrons. The van der Waals surface area contributed by atoms with Crippen LogP contribution in [0.2, 0.25) is 0 Å². The maximum Gasteiger partial charge on any atom is 0.0945 e.